The first-order valence-electron chi connectivity index (χ1n) is 7.15. The third-order valence-corrected chi connectivity index (χ3v) is 3.71. The number of rotatable bonds is 4. The molecule has 3 N–H and O–H groups in total. The Morgan fingerprint density at radius 1 is 1.19 bits per heavy atom. The predicted molar refractivity (Wildman–Crippen MR) is 82.8 cm³/mol. The Morgan fingerprint density at radius 2 is 2.00 bits per heavy atom. The monoisotopic (exact) mass is 282 g/mol. The van der Waals surface area contributed by atoms with Crippen LogP contribution >= 0.6 is 0 Å². The number of carbonyl (C=O) groups excluding carboxylic acids is 1. The molecule has 1 amide bonds. The first-order valence-corrected chi connectivity index (χ1v) is 7.15. The highest BCUT2D eigenvalue weighted by Crippen LogP contribution is 2.22. The number of aromatic hydroxyl groups is 1. The SMILES string of the molecule is O=C(NCCc1ccc(O)cc1)c1ccc2c(c1)CCN2. The summed E-state index contributed by atoms with van der Waals surface area (Å²) in [7, 11) is 0. The van der Waals surface area contributed by atoms with E-state index in [2.05, 4.69) is 10.6 Å². The number of phenolic OH excluding ortho intramolecular Hbond substituents is 1. The van der Waals surface area contributed by atoms with Gasteiger partial charge in [-0.2, -0.15) is 0 Å². The van der Waals surface area contributed by atoms with Crippen molar-refractivity contribution in [3.05, 3.63) is 59.2 Å². The molecule has 21 heavy (non-hydrogen) atoms. The van der Waals surface area contributed by atoms with Gasteiger partial charge in [0, 0.05) is 24.3 Å². The zero-order valence-corrected chi connectivity index (χ0v) is 11.7. The largest absolute Gasteiger partial charge is 0.508 e. The van der Waals surface area contributed by atoms with E-state index in [1.165, 1.54) is 5.56 Å². The summed E-state index contributed by atoms with van der Waals surface area (Å²) in [6.07, 6.45) is 1.72. The summed E-state index contributed by atoms with van der Waals surface area (Å²) in [6, 6.07) is 12.8. The van der Waals surface area contributed by atoms with Gasteiger partial charge >= 0.3 is 0 Å². The van der Waals surface area contributed by atoms with Crippen molar-refractivity contribution in [2.24, 2.45) is 0 Å². The van der Waals surface area contributed by atoms with Crippen LogP contribution in [0.1, 0.15) is 21.5 Å². The van der Waals surface area contributed by atoms with Crippen LogP contribution in [0.2, 0.25) is 0 Å². The van der Waals surface area contributed by atoms with E-state index in [-0.39, 0.29) is 11.7 Å². The number of fused-ring (bicyclic) bond motifs is 1. The van der Waals surface area contributed by atoms with Crippen molar-refractivity contribution in [1.82, 2.24) is 5.32 Å². The maximum Gasteiger partial charge on any atom is 0.251 e. The Hall–Kier alpha value is -2.49. The van der Waals surface area contributed by atoms with Crippen molar-refractivity contribution >= 4 is 11.6 Å². The maximum atomic E-state index is 12.1. The number of benzene rings is 2. The molecule has 108 valence electrons. The fraction of sp³-hybridized carbons (Fsp3) is 0.235. The van der Waals surface area contributed by atoms with Crippen LogP contribution in [0.3, 0.4) is 0 Å². The van der Waals surface area contributed by atoms with Gasteiger partial charge in [-0.25, -0.2) is 0 Å². The first kappa shape index (κ1) is 13.5. The molecule has 2 aromatic rings. The average molecular weight is 282 g/mol. The molecular weight excluding hydrogens is 264 g/mol. The molecule has 0 bridgehead atoms. The van der Waals surface area contributed by atoms with Crippen molar-refractivity contribution in [2.75, 3.05) is 18.4 Å². The molecule has 1 aliphatic heterocycles. The molecule has 0 fully saturated rings. The molecule has 1 aliphatic rings. The third kappa shape index (κ3) is 3.16. The van der Waals surface area contributed by atoms with Crippen LogP contribution < -0.4 is 10.6 Å². The summed E-state index contributed by atoms with van der Waals surface area (Å²) in [5.74, 6) is 0.220. The smallest absolute Gasteiger partial charge is 0.251 e. The molecule has 0 saturated carbocycles. The Kier molecular flexibility index (Phi) is 3.77. The lowest BCUT2D eigenvalue weighted by atomic mass is 10.1. The topological polar surface area (TPSA) is 61.4 Å². The van der Waals surface area contributed by atoms with Gasteiger partial charge in [0.1, 0.15) is 5.75 Å². The Balaban J connectivity index is 1.55. The second-order valence-corrected chi connectivity index (χ2v) is 5.22. The summed E-state index contributed by atoms with van der Waals surface area (Å²) in [4.78, 5) is 12.1. The van der Waals surface area contributed by atoms with Gasteiger partial charge in [-0.3, -0.25) is 4.79 Å². The third-order valence-electron chi connectivity index (χ3n) is 3.71. The van der Waals surface area contributed by atoms with Crippen molar-refractivity contribution < 1.29 is 9.90 Å². The van der Waals surface area contributed by atoms with Gasteiger partial charge in [-0.05, 0) is 54.3 Å². The van der Waals surface area contributed by atoms with Gasteiger partial charge in [-0.15, -0.1) is 0 Å². The van der Waals surface area contributed by atoms with Crippen LogP contribution in [0, 0.1) is 0 Å². The van der Waals surface area contributed by atoms with E-state index in [9.17, 15) is 9.90 Å². The van der Waals surface area contributed by atoms with Crippen molar-refractivity contribution in [2.45, 2.75) is 12.8 Å². The van der Waals surface area contributed by atoms with Gasteiger partial charge in [0.25, 0.3) is 5.91 Å². The molecule has 0 aromatic heterocycles. The van der Waals surface area contributed by atoms with Crippen molar-refractivity contribution in [3.8, 4) is 5.75 Å². The minimum atomic E-state index is -0.0384. The lowest BCUT2D eigenvalue weighted by Crippen LogP contribution is -2.25. The lowest BCUT2D eigenvalue weighted by Gasteiger charge is -2.07. The molecule has 2 aromatic carbocycles. The molecular formula is C17H18N2O2. The van der Waals surface area contributed by atoms with Crippen LogP contribution in [0.15, 0.2) is 42.5 Å². The summed E-state index contributed by atoms with van der Waals surface area (Å²) in [5.41, 5.74) is 4.14. The van der Waals surface area contributed by atoms with E-state index in [0.717, 1.165) is 30.6 Å². The zero-order chi connectivity index (χ0) is 14.7. The van der Waals surface area contributed by atoms with Crippen molar-refractivity contribution in [3.63, 3.8) is 0 Å². The highest BCUT2D eigenvalue weighted by atomic mass is 16.3. The molecule has 4 nitrogen and oxygen atoms in total. The van der Waals surface area contributed by atoms with E-state index in [1.54, 1.807) is 12.1 Å². The Bertz CT molecular complexity index is 650. The number of amides is 1. The lowest BCUT2D eigenvalue weighted by molar-refractivity contribution is 0.0954. The normalized spacial score (nSPS) is 12.6. The van der Waals surface area contributed by atoms with E-state index >= 15 is 0 Å². The van der Waals surface area contributed by atoms with E-state index in [1.807, 2.05) is 30.3 Å². The van der Waals surface area contributed by atoms with Crippen LogP contribution in [0.4, 0.5) is 5.69 Å². The van der Waals surface area contributed by atoms with E-state index in [0.29, 0.717) is 12.1 Å². The Labute approximate surface area is 123 Å². The quantitative estimate of drug-likeness (QED) is 0.806. The van der Waals surface area contributed by atoms with Crippen LogP contribution in [-0.4, -0.2) is 24.1 Å². The molecule has 0 aliphatic carbocycles. The van der Waals surface area contributed by atoms with Gasteiger partial charge in [-0.1, -0.05) is 12.1 Å². The van der Waals surface area contributed by atoms with E-state index in [4.69, 9.17) is 0 Å². The minimum Gasteiger partial charge on any atom is -0.508 e. The zero-order valence-electron chi connectivity index (χ0n) is 11.7. The van der Waals surface area contributed by atoms with Gasteiger partial charge in [0.15, 0.2) is 0 Å². The minimum absolute atomic E-state index is 0.0384. The van der Waals surface area contributed by atoms with Crippen LogP contribution in [0.5, 0.6) is 5.75 Å². The standard InChI is InChI=1S/C17H18N2O2/c20-15-4-1-12(2-5-15)7-9-19-17(21)14-3-6-16-13(11-14)8-10-18-16/h1-6,11,18,20H,7-10H2,(H,19,21). The highest BCUT2D eigenvalue weighted by molar-refractivity contribution is 5.95. The fourth-order valence-corrected chi connectivity index (χ4v) is 2.53. The summed E-state index contributed by atoms with van der Waals surface area (Å²) in [6.45, 7) is 1.53. The molecule has 1 heterocycles. The first-order chi connectivity index (χ1) is 10.2. The van der Waals surface area contributed by atoms with Crippen LogP contribution in [-0.2, 0) is 12.8 Å². The number of hydrogen-bond acceptors (Lipinski definition) is 3. The van der Waals surface area contributed by atoms with Crippen molar-refractivity contribution in [1.29, 1.82) is 0 Å². The van der Waals surface area contributed by atoms with Crippen LogP contribution in [0.25, 0.3) is 0 Å². The van der Waals surface area contributed by atoms with Gasteiger partial charge in [0.2, 0.25) is 0 Å². The predicted octanol–water partition coefficient (Wildman–Crippen LogP) is 2.33. The Morgan fingerprint density at radius 3 is 2.81 bits per heavy atom. The molecule has 3 rings (SSSR count). The average Bonchev–Trinajstić information content (AvgIpc) is 2.96. The number of phenols is 1. The van der Waals surface area contributed by atoms with Gasteiger partial charge in [0.05, 0.1) is 0 Å². The maximum absolute atomic E-state index is 12.1. The number of carbonyl (C=O) groups is 1. The number of nitrogens with one attached hydrogen (secondary N) is 2. The van der Waals surface area contributed by atoms with E-state index < -0.39 is 0 Å². The molecule has 0 unspecified atom stereocenters. The highest BCUT2D eigenvalue weighted by Gasteiger charge is 2.13. The fourth-order valence-electron chi connectivity index (χ4n) is 2.53. The molecule has 0 saturated heterocycles. The van der Waals surface area contributed by atoms with Gasteiger partial charge < -0.3 is 15.7 Å². The number of hydrogen-bond donors (Lipinski definition) is 3. The second kappa shape index (κ2) is 5.87. The molecule has 0 atom stereocenters. The molecule has 0 spiro atoms. The summed E-state index contributed by atoms with van der Waals surface area (Å²) >= 11 is 0. The number of anilines is 1. The summed E-state index contributed by atoms with van der Waals surface area (Å²) in [5, 5.41) is 15.4. The molecule has 0 radical (unpaired) electrons. The second-order valence-electron chi connectivity index (χ2n) is 5.22. The summed E-state index contributed by atoms with van der Waals surface area (Å²) < 4.78 is 0. The molecule has 4 heteroatoms.